The molecule has 0 saturated carbocycles. The molecule has 138 valence electrons. The fraction of sp³-hybridized carbons (Fsp3) is 0.571. The van der Waals surface area contributed by atoms with E-state index < -0.39 is 47.7 Å². The Kier molecular flexibility index (Phi) is 4.78. The molecule has 2 heterocycles. The Labute approximate surface area is 140 Å². The lowest BCUT2D eigenvalue weighted by Gasteiger charge is -2.34. The van der Waals surface area contributed by atoms with Crippen molar-refractivity contribution in [3.05, 3.63) is 12.3 Å². The molecule has 25 heavy (non-hydrogen) atoms. The molecule has 2 atom stereocenters. The third-order valence-corrected chi connectivity index (χ3v) is 4.14. The Morgan fingerprint density at radius 2 is 2.08 bits per heavy atom. The average molecular weight is 363 g/mol. The van der Waals surface area contributed by atoms with Crippen molar-refractivity contribution in [2.24, 2.45) is 5.92 Å². The Bertz CT molecular complexity index is 648. The fourth-order valence-corrected chi connectivity index (χ4v) is 2.94. The fourth-order valence-electron chi connectivity index (χ4n) is 2.94. The van der Waals surface area contributed by atoms with Gasteiger partial charge in [-0.2, -0.15) is 13.2 Å². The molecule has 0 bridgehead atoms. The summed E-state index contributed by atoms with van der Waals surface area (Å²) >= 11 is 0. The molecule has 0 radical (unpaired) electrons. The van der Waals surface area contributed by atoms with Crippen molar-refractivity contribution in [3.63, 3.8) is 0 Å². The first kappa shape index (κ1) is 18.7. The van der Waals surface area contributed by atoms with Crippen LogP contribution in [-0.2, 0) is 23.9 Å². The maximum Gasteiger partial charge on any atom is 0.421 e. The number of nitrogens with zero attached hydrogens (tertiary/aromatic N) is 1. The monoisotopic (exact) mass is 363 g/mol. The van der Waals surface area contributed by atoms with Crippen molar-refractivity contribution in [1.82, 2.24) is 15.5 Å². The Hall–Kier alpha value is -2.59. The summed E-state index contributed by atoms with van der Waals surface area (Å²) in [5.41, 5.74) is -4.08. The largest absolute Gasteiger partial charge is 0.468 e. The average Bonchev–Trinajstić information content (AvgIpc) is 3.00. The van der Waals surface area contributed by atoms with Crippen molar-refractivity contribution in [1.29, 1.82) is 0 Å². The first-order valence-corrected chi connectivity index (χ1v) is 7.28. The number of halogens is 3. The highest BCUT2D eigenvalue weighted by molar-refractivity contribution is 6.03. The van der Waals surface area contributed by atoms with Gasteiger partial charge in [0, 0.05) is 18.7 Å². The van der Waals surface area contributed by atoms with E-state index in [0.717, 1.165) is 12.0 Å². The number of likely N-dealkylation sites (tertiary alicyclic amines) is 1. The zero-order valence-corrected chi connectivity index (χ0v) is 13.2. The first-order valence-electron chi connectivity index (χ1n) is 7.28. The van der Waals surface area contributed by atoms with Gasteiger partial charge in [0.1, 0.15) is 5.92 Å². The molecular formula is C14H16F3N3O5. The Balaban J connectivity index is 2.35. The third kappa shape index (κ3) is 3.05. The van der Waals surface area contributed by atoms with Gasteiger partial charge in [0.15, 0.2) is 0 Å². The van der Waals surface area contributed by atoms with E-state index in [1.807, 2.05) is 5.32 Å². The lowest BCUT2D eigenvalue weighted by Crippen LogP contribution is -2.68. The number of alkyl halides is 3. The molecule has 3 amide bonds. The molecule has 0 unspecified atom stereocenters. The number of carbonyl (C=O) groups excluding carboxylic acids is 4. The van der Waals surface area contributed by atoms with Crippen LogP contribution in [0.1, 0.15) is 12.8 Å². The SMILES string of the molecule is C=C1NC(=O)[C@](NC(=O)CN2CCCC2=O)(C(F)(F)F)[C@H]1C(=O)OC. The summed E-state index contributed by atoms with van der Waals surface area (Å²) in [6.07, 6.45) is -4.63. The molecule has 0 aliphatic carbocycles. The summed E-state index contributed by atoms with van der Waals surface area (Å²) in [5.74, 6) is -6.78. The van der Waals surface area contributed by atoms with Gasteiger partial charge in [-0.15, -0.1) is 0 Å². The van der Waals surface area contributed by atoms with Crippen LogP contribution >= 0.6 is 0 Å². The summed E-state index contributed by atoms with van der Waals surface area (Å²) in [7, 11) is 0.851. The maximum absolute atomic E-state index is 13.7. The molecule has 8 nitrogen and oxygen atoms in total. The van der Waals surface area contributed by atoms with Gasteiger partial charge in [0.2, 0.25) is 17.4 Å². The van der Waals surface area contributed by atoms with Crippen LogP contribution < -0.4 is 10.6 Å². The number of nitrogens with one attached hydrogen (secondary N) is 2. The van der Waals surface area contributed by atoms with Gasteiger partial charge < -0.3 is 20.3 Å². The van der Waals surface area contributed by atoms with Crippen molar-refractivity contribution >= 4 is 23.7 Å². The lowest BCUT2D eigenvalue weighted by atomic mass is 9.84. The molecule has 2 N–H and O–H groups in total. The molecular weight excluding hydrogens is 347 g/mol. The number of carbonyl (C=O) groups is 4. The van der Waals surface area contributed by atoms with Crippen LogP contribution in [0.3, 0.4) is 0 Å². The number of hydrogen-bond donors (Lipinski definition) is 2. The highest BCUT2D eigenvalue weighted by Gasteiger charge is 2.72. The lowest BCUT2D eigenvalue weighted by molar-refractivity contribution is -0.209. The standard InChI is InChI=1S/C14H16F3N3O5/c1-7-10(11(23)25-2)13(12(24)18-7,14(15,16)17)19-8(21)6-20-5-3-4-9(20)22/h10H,1,3-6H2,2H3,(H,18,24)(H,19,21)/t10-,13+/m1/s1. The minimum absolute atomic E-state index is 0.194. The predicted octanol–water partition coefficient (Wildman–Crippen LogP) is -0.541. The second kappa shape index (κ2) is 6.37. The number of ether oxygens (including phenoxy) is 1. The second-order valence-corrected chi connectivity index (χ2v) is 5.71. The number of methoxy groups -OCH3 is 1. The molecule has 2 rings (SSSR count). The van der Waals surface area contributed by atoms with Gasteiger partial charge in [0.25, 0.3) is 5.91 Å². The molecule has 2 aliphatic rings. The van der Waals surface area contributed by atoms with E-state index in [1.54, 1.807) is 5.32 Å². The third-order valence-electron chi connectivity index (χ3n) is 4.14. The van der Waals surface area contributed by atoms with Crippen LogP contribution in [0.2, 0.25) is 0 Å². The second-order valence-electron chi connectivity index (χ2n) is 5.71. The van der Waals surface area contributed by atoms with Gasteiger partial charge in [-0.1, -0.05) is 6.58 Å². The van der Waals surface area contributed by atoms with Gasteiger partial charge in [-0.3, -0.25) is 19.2 Å². The number of hydrogen-bond acceptors (Lipinski definition) is 5. The zero-order valence-electron chi connectivity index (χ0n) is 13.2. The molecule has 2 fully saturated rings. The summed E-state index contributed by atoms with van der Waals surface area (Å²) in [6, 6.07) is 0. The number of amides is 3. The Morgan fingerprint density at radius 1 is 1.44 bits per heavy atom. The van der Waals surface area contributed by atoms with Crippen molar-refractivity contribution < 1.29 is 37.1 Å². The molecule has 0 aromatic carbocycles. The van der Waals surface area contributed by atoms with E-state index in [0.29, 0.717) is 6.42 Å². The summed E-state index contributed by atoms with van der Waals surface area (Å²) in [5, 5.41) is 3.43. The minimum Gasteiger partial charge on any atom is -0.468 e. The van der Waals surface area contributed by atoms with Crippen LogP contribution in [0.5, 0.6) is 0 Å². The smallest absolute Gasteiger partial charge is 0.421 e. The van der Waals surface area contributed by atoms with Crippen molar-refractivity contribution in [3.8, 4) is 0 Å². The molecule has 0 spiro atoms. The normalized spacial score (nSPS) is 26.6. The van der Waals surface area contributed by atoms with Gasteiger partial charge in [0.05, 0.1) is 13.7 Å². The zero-order chi connectivity index (χ0) is 19.0. The van der Waals surface area contributed by atoms with Crippen LogP contribution in [-0.4, -0.2) is 60.5 Å². The van der Waals surface area contributed by atoms with Gasteiger partial charge >= 0.3 is 12.1 Å². The molecule has 11 heteroatoms. The van der Waals surface area contributed by atoms with Crippen LogP contribution in [0.25, 0.3) is 0 Å². The van der Waals surface area contributed by atoms with E-state index in [9.17, 15) is 32.3 Å². The molecule has 0 aromatic rings. The summed E-state index contributed by atoms with van der Waals surface area (Å²) < 4.78 is 45.5. The van der Waals surface area contributed by atoms with Crippen molar-refractivity contribution in [2.75, 3.05) is 20.2 Å². The van der Waals surface area contributed by atoms with E-state index >= 15 is 0 Å². The van der Waals surface area contributed by atoms with E-state index in [1.165, 1.54) is 0 Å². The topological polar surface area (TPSA) is 105 Å². The van der Waals surface area contributed by atoms with Crippen LogP contribution in [0.4, 0.5) is 13.2 Å². The molecule has 0 aromatic heterocycles. The van der Waals surface area contributed by atoms with Crippen LogP contribution in [0, 0.1) is 5.92 Å². The highest BCUT2D eigenvalue weighted by Crippen LogP contribution is 2.43. The number of esters is 1. The quantitative estimate of drug-likeness (QED) is 0.653. The van der Waals surface area contributed by atoms with E-state index in [2.05, 4.69) is 11.3 Å². The predicted molar refractivity (Wildman–Crippen MR) is 75.5 cm³/mol. The molecule has 2 aliphatic heterocycles. The summed E-state index contributed by atoms with van der Waals surface area (Å²) in [4.78, 5) is 48.5. The van der Waals surface area contributed by atoms with Crippen molar-refractivity contribution in [2.45, 2.75) is 24.6 Å². The van der Waals surface area contributed by atoms with E-state index in [-0.39, 0.29) is 18.9 Å². The maximum atomic E-state index is 13.7. The first-order chi connectivity index (χ1) is 11.5. The van der Waals surface area contributed by atoms with Gasteiger partial charge in [-0.05, 0) is 6.42 Å². The summed E-state index contributed by atoms with van der Waals surface area (Å²) in [6.45, 7) is 2.82. The van der Waals surface area contributed by atoms with E-state index in [4.69, 9.17) is 0 Å². The Morgan fingerprint density at radius 3 is 2.56 bits per heavy atom. The number of rotatable bonds is 4. The minimum atomic E-state index is -5.31. The van der Waals surface area contributed by atoms with Crippen LogP contribution in [0.15, 0.2) is 12.3 Å². The molecule has 2 saturated heterocycles. The van der Waals surface area contributed by atoms with Gasteiger partial charge in [-0.25, -0.2) is 0 Å². The highest BCUT2D eigenvalue weighted by atomic mass is 19.4.